The summed E-state index contributed by atoms with van der Waals surface area (Å²) in [5.74, 6) is -0.661. The van der Waals surface area contributed by atoms with Crippen molar-refractivity contribution >= 4 is 35.0 Å². The average Bonchev–Trinajstić information content (AvgIpc) is 3.21. The van der Waals surface area contributed by atoms with Gasteiger partial charge in [0.15, 0.2) is 0 Å². The molecule has 5 nitrogen and oxygen atoms in total. The fourth-order valence-corrected chi connectivity index (χ4v) is 5.37. The molecule has 1 heterocycles. The average molecular weight is 496 g/mol. The summed E-state index contributed by atoms with van der Waals surface area (Å²) < 4.78 is 0. The zero-order valence-electron chi connectivity index (χ0n) is 20.5. The Morgan fingerprint density at radius 2 is 1.67 bits per heavy atom. The van der Waals surface area contributed by atoms with Crippen LogP contribution in [0.5, 0.6) is 0 Å². The topological polar surface area (TPSA) is 73.2 Å². The summed E-state index contributed by atoms with van der Waals surface area (Å²) in [5.41, 5.74) is 4.57. The lowest BCUT2D eigenvalue weighted by atomic mass is 10.0. The molecule has 1 unspecified atom stereocenters. The van der Waals surface area contributed by atoms with Crippen LogP contribution < -0.4 is 10.2 Å². The van der Waals surface area contributed by atoms with Gasteiger partial charge in [-0.2, -0.15) is 5.26 Å². The summed E-state index contributed by atoms with van der Waals surface area (Å²) in [7, 11) is 0. The molecular formula is C30H29N3O2S. The molecule has 1 N–H and O–H groups in total. The van der Waals surface area contributed by atoms with Crippen molar-refractivity contribution in [3.8, 4) is 6.07 Å². The molecule has 0 spiro atoms. The zero-order valence-corrected chi connectivity index (χ0v) is 21.3. The van der Waals surface area contributed by atoms with Gasteiger partial charge in [0.05, 0.1) is 5.25 Å². The van der Waals surface area contributed by atoms with Crippen molar-refractivity contribution in [3.05, 3.63) is 106 Å². The predicted octanol–water partition coefficient (Wildman–Crippen LogP) is 6.40. The molecule has 1 atom stereocenters. The summed E-state index contributed by atoms with van der Waals surface area (Å²) in [6.07, 6.45) is 3.86. The quantitative estimate of drug-likeness (QED) is 0.290. The Labute approximate surface area is 216 Å². The molecule has 2 amide bonds. The second kappa shape index (κ2) is 11.7. The molecule has 36 heavy (non-hydrogen) atoms. The largest absolute Gasteiger partial charge is 0.321 e. The van der Waals surface area contributed by atoms with E-state index in [4.69, 9.17) is 0 Å². The molecule has 0 saturated carbocycles. The molecule has 0 aromatic heterocycles. The van der Waals surface area contributed by atoms with Gasteiger partial charge in [-0.1, -0.05) is 85.3 Å². The minimum Gasteiger partial charge on any atom is -0.321 e. The van der Waals surface area contributed by atoms with Crippen LogP contribution in [0.2, 0.25) is 0 Å². The molecule has 0 bridgehead atoms. The molecule has 1 fully saturated rings. The van der Waals surface area contributed by atoms with Crippen LogP contribution in [0.25, 0.3) is 0 Å². The zero-order chi connectivity index (χ0) is 25.5. The van der Waals surface area contributed by atoms with E-state index in [1.807, 2.05) is 49.4 Å². The van der Waals surface area contributed by atoms with Crippen LogP contribution in [0.15, 0.2) is 89.5 Å². The van der Waals surface area contributed by atoms with Crippen molar-refractivity contribution in [3.63, 3.8) is 0 Å². The Balaban J connectivity index is 1.63. The number of para-hydroxylation sites is 1. The number of nitriles is 1. The normalized spacial score (nSPS) is 16.5. The maximum atomic E-state index is 13.6. The molecule has 0 radical (unpaired) electrons. The van der Waals surface area contributed by atoms with Gasteiger partial charge < -0.3 is 5.32 Å². The second-order valence-electron chi connectivity index (χ2n) is 8.85. The highest BCUT2D eigenvalue weighted by molar-refractivity contribution is 8.05. The number of hydrogen-bond acceptors (Lipinski definition) is 4. The SMILES string of the molecule is CCCCc1ccc(CC2SC(=C(C#N)C(=O)Nc3ccc(C)cc3)N(c3ccccc3)C2=O)cc1. The minimum absolute atomic E-state index is 0.0739. The molecule has 182 valence electrons. The van der Waals surface area contributed by atoms with Crippen molar-refractivity contribution in [2.45, 2.75) is 44.8 Å². The molecule has 1 aliphatic heterocycles. The van der Waals surface area contributed by atoms with Crippen LogP contribution >= 0.6 is 11.8 Å². The monoisotopic (exact) mass is 495 g/mol. The van der Waals surface area contributed by atoms with Crippen LogP contribution in [0.1, 0.15) is 36.5 Å². The number of carbonyl (C=O) groups is 2. The maximum absolute atomic E-state index is 13.6. The van der Waals surface area contributed by atoms with Crippen LogP contribution in [-0.4, -0.2) is 17.1 Å². The molecule has 3 aromatic rings. The van der Waals surface area contributed by atoms with Crippen molar-refractivity contribution in [1.29, 1.82) is 5.26 Å². The van der Waals surface area contributed by atoms with E-state index in [1.54, 1.807) is 12.1 Å². The standard InChI is InChI=1S/C30H29N3O2S/c1-3-4-8-22-13-15-23(16-14-22)19-27-29(35)33(25-9-6-5-7-10-25)30(36-27)26(20-31)28(34)32-24-17-11-21(2)12-18-24/h5-7,9-18,27H,3-4,8,19H2,1-2H3,(H,32,34). The Kier molecular flexibility index (Phi) is 8.24. The first kappa shape index (κ1) is 25.3. The van der Waals surface area contributed by atoms with E-state index in [2.05, 4.69) is 42.6 Å². The van der Waals surface area contributed by atoms with Crippen LogP contribution in [0.3, 0.4) is 0 Å². The summed E-state index contributed by atoms with van der Waals surface area (Å²) in [6.45, 7) is 4.14. The molecular weight excluding hydrogens is 466 g/mol. The van der Waals surface area contributed by atoms with Crippen molar-refractivity contribution in [2.24, 2.45) is 0 Å². The fourth-order valence-electron chi connectivity index (χ4n) is 4.07. The van der Waals surface area contributed by atoms with Gasteiger partial charge in [0.25, 0.3) is 5.91 Å². The van der Waals surface area contributed by atoms with E-state index >= 15 is 0 Å². The van der Waals surface area contributed by atoms with Crippen molar-refractivity contribution in [1.82, 2.24) is 0 Å². The van der Waals surface area contributed by atoms with Crippen LogP contribution in [0.4, 0.5) is 11.4 Å². The van der Waals surface area contributed by atoms with Gasteiger partial charge in [-0.15, -0.1) is 0 Å². The second-order valence-corrected chi connectivity index (χ2v) is 10.0. The summed E-state index contributed by atoms with van der Waals surface area (Å²) in [5, 5.41) is 12.7. The van der Waals surface area contributed by atoms with E-state index in [1.165, 1.54) is 22.2 Å². The summed E-state index contributed by atoms with van der Waals surface area (Å²) in [6, 6.07) is 27.0. The number of unbranched alkanes of at least 4 members (excludes halogenated alkanes) is 1. The highest BCUT2D eigenvalue weighted by Crippen LogP contribution is 2.42. The number of thioether (sulfide) groups is 1. The minimum atomic E-state index is -0.529. The Bertz CT molecular complexity index is 1290. The first-order chi connectivity index (χ1) is 17.5. The first-order valence-corrected chi connectivity index (χ1v) is 13.0. The van der Waals surface area contributed by atoms with Gasteiger partial charge in [0, 0.05) is 11.4 Å². The number of rotatable bonds is 8. The van der Waals surface area contributed by atoms with E-state index in [-0.39, 0.29) is 11.5 Å². The van der Waals surface area contributed by atoms with Gasteiger partial charge in [-0.25, -0.2) is 0 Å². The molecule has 0 aliphatic carbocycles. The molecule has 6 heteroatoms. The number of amides is 2. The molecule has 3 aromatic carbocycles. The van der Waals surface area contributed by atoms with E-state index in [9.17, 15) is 14.9 Å². The van der Waals surface area contributed by atoms with Gasteiger partial charge in [-0.05, 0) is 61.6 Å². The third kappa shape index (κ3) is 5.87. The number of nitrogens with zero attached hydrogens (tertiary/aromatic N) is 2. The molecule has 1 saturated heterocycles. The third-order valence-electron chi connectivity index (χ3n) is 6.09. The summed E-state index contributed by atoms with van der Waals surface area (Å²) in [4.78, 5) is 28.3. The third-order valence-corrected chi connectivity index (χ3v) is 7.36. The number of benzene rings is 3. The Morgan fingerprint density at radius 3 is 2.31 bits per heavy atom. The predicted molar refractivity (Wildman–Crippen MR) is 147 cm³/mol. The molecule has 4 rings (SSSR count). The van der Waals surface area contributed by atoms with Gasteiger partial charge in [-0.3, -0.25) is 14.5 Å². The van der Waals surface area contributed by atoms with Crippen molar-refractivity contribution < 1.29 is 9.59 Å². The van der Waals surface area contributed by atoms with E-state index in [0.717, 1.165) is 30.4 Å². The fraction of sp³-hybridized carbons (Fsp3) is 0.233. The summed E-state index contributed by atoms with van der Waals surface area (Å²) >= 11 is 1.28. The van der Waals surface area contributed by atoms with Gasteiger partial charge >= 0.3 is 0 Å². The van der Waals surface area contributed by atoms with Crippen molar-refractivity contribution in [2.75, 3.05) is 10.2 Å². The lowest BCUT2D eigenvalue weighted by Gasteiger charge is -2.18. The highest BCUT2D eigenvalue weighted by Gasteiger charge is 2.40. The van der Waals surface area contributed by atoms with Gasteiger partial charge in [0.2, 0.25) is 5.91 Å². The number of anilines is 2. The van der Waals surface area contributed by atoms with Crippen LogP contribution in [-0.2, 0) is 22.4 Å². The van der Waals surface area contributed by atoms with Crippen LogP contribution in [0, 0.1) is 18.3 Å². The molecule has 1 aliphatic rings. The first-order valence-electron chi connectivity index (χ1n) is 12.2. The Morgan fingerprint density at radius 1 is 1.00 bits per heavy atom. The number of nitrogens with one attached hydrogen (secondary N) is 1. The number of aryl methyl sites for hydroxylation is 2. The number of carbonyl (C=O) groups excluding carboxylic acids is 2. The Hall–Kier alpha value is -3.82. The number of hydrogen-bond donors (Lipinski definition) is 1. The smallest absolute Gasteiger partial charge is 0.269 e. The lowest BCUT2D eigenvalue weighted by molar-refractivity contribution is -0.117. The van der Waals surface area contributed by atoms with Gasteiger partial charge in [0.1, 0.15) is 16.7 Å². The maximum Gasteiger partial charge on any atom is 0.269 e. The lowest BCUT2D eigenvalue weighted by Crippen LogP contribution is -2.30. The van der Waals surface area contributed by atoms with E-state index in [0.29, 0.717) is 22.8 Å². The van der Waals surface area contributed by atoms with E-state index < -0.39 is 11.2 Å². The highest BCUT2D eigenvalue weighted by atomic mass is 32.2.